The molecule has 12 N–H and O–H groups in total. The molecule has 42 heavy (non-hydrogen) atoms. The van der Waals surface area contributed by atoms with Crippen molar-refractivity contribution in [1.29, 1.82) is 0 Å². The number of aliphatic hydroxyl groups excluding tert-OH is 4. The van der Waals surface area contributed by atoms with Crippen LogP contribution in [0.3, 0.4) is 0 Å². The fraction of sp³-hybridized carbons (Fsp3) is 0.556. The molecule has 0 aliphatic carbocycles. The first-order valence-electron chi connectivity index (χ1n) is 11.5. The Labute approximate surface area is 233 Å². The Bertz CT molecular complexity index is 1450. The monoisotopic (exact) mass is 646 g/mol. The summed E-state index contributed by atoms with van der Waals surface area (Å²) in [5.41, 5.74) is 8.98. The van der Waals surface area contributed by atoms with Gasteiger partial charge in [-0.1, -0.05) is 0 Å². The molecule has 2 saturated heterocycles. The minimum Gasteiger partial charge on any atom is -0.394 e. The number of hydrogen-bond acceptors (Lipinski definition) is 16. The summed E-state index contributed by atoms with van der Waals surface area (Å²) in [6.07, 6.45) is -8.92. The van der Waals surface area contributed by atoms with Crippen LogP contribution in [0.1, 0.15) is 12.5 Å². The molecule has 4 rings (SSSR count). The van der Waals surface area contributed by atoms with Gasteiger partial charge in [-0.3, -0.25) is 18.2 Å². The van der Waals surface area contributed by atoms with E-state index in [1.54, 1.807) is 0 Å². The van der Waals surface area contributed by atoms with Crippen LogP contribution in [0.5, 0.6) is 0 Å². The molecule has 236 valence electrons. The van der Waals surface area contributed by atoms with Gasteiger partial charge in [-0.15, -0.1) is 0 Å². The van der Waals surface area contributed by atoms with Crippen molar-refractivity contribution >= 4 is 27.3 Å². The highest BCUT2D eigenvalue weighted by atomic mass is 31.2. The lowest BCUT2D eigenvalue weighted by molar-refractivity contribution is -0.0548. The first-order valence-corrected chi connectivity index (χ1v) is 14.6. The molecule has 2 aromatic heterocycles. The zero-order valence-electron chi connectivity index (χ0n) is 21.0. The van der Waals surface area contributed by atoms with E-state index >= 15 is 0 Å². The fourth-order valence-electron chi connectivity index (χ4n) is 3.99. The number of anilines is 2. The average Bonchev–Trinajstić information content (AvgIpc) is 3.33. The Hall–Kier alpha value is -2.66. The van der Waals surface area contributed by atoms with Crippen molar-refractivity contribution in [3.63, 3.8) is 0 Å². The van der Waals surface area contributed by atoms with E-state index in [4.69, 9.17) is 50.7 Å². The second-order valence-electron chi connectivity index (χ2n) is 8.68. The summed E-state index contributed by atoms with van der Waals surface area (Å²) in [5.74, 6) is -0.0913. The molecule has 2 fully saturated rings. The lowest BCUT2D eigenvalue weighted by Gasteiger charge is -2.22. The Morgan fingerprint density at radius 1 is 0.762 bits per heavy atom. The Kier molecular flexibility index (Phi) is 10.7. The first-order chi connectivity index (χ1) is 19.5. The van der Waals surface area contributed by atoms with Crippen molar-refractivity contribution < 1.29 is 67.7 Å². The predicted octanol–water partition coefficient (Wildman–Crippen LogP) is -4.89. The van der Waals surface area contributed by atoms with Crippen molar-refractivity contribution in [1.82, 2.24) is 19.1 Å². The normalized spacial score (nSPS) is 29.7. The summed E-state index contributed by atoms with van der Waals surface area (Å²) in [4.78, 5) is 65.6. The number of rotatable bonds is 8. The van der Waals surface area contributed by atoms with Gasteiger partial charge in [0.05, 0.1) is 13.2 Å². The summed E-state index contributed by atoms with van der Waals surface area (Å²) in [7, 11) is -9.87. The van der Waals surface area contributed by atoms with E-state index in [9.17, 15) is 28.9 Å². The highest BCUT2D eigenvalue weighted by molar-refractivity contribution is 7.46. The molecule has 8 atom stereocenters. The van der Waals surface area contributed by atoms with Gasteiger partial charge >= 0.3 is 27.0 Å². The average molecular weight is 646 g/mol. The van der Waals surface area contributed by atoms with Crippen molar-refractivity contribution in [2.45, 2.75) is 49.1 Å². The highest BCUT2D eigenvalue weighted by Crippen LogP contribution is 2.45. The van der Waals surface area contributed by atoms with Crippen molar-refractivity contribution in [2.75, 3.05) is 24.7 Å². The second kappa shape index (κ2) is 13.3. The summed E-state index contributed by atoms with van der Waals surface area (Å²) in [5, 5.41) is 38.1. The van der Waals surface area contributed by atoms with Crippen LogP contribution in [0, 0.1) is 0 Å². The molecule has 24 heteroatoms. The quantitative estimate of drug-likeness (QED) is 0.120. The Morgan fingerprint density at radius 2 is 1.19 bits per heavy atom. The van der Waals surface area contributed by atoms with Crippen LogP contribution in [-0.4, -0.2) is 109 Å². The lowest BCUT2D eigenvalue weighted by Crippen LogP contribution is -2.37. The van der Waals surface area contributed by atoms with Gasteiger partial charge < -0.3 is 60.9 Å². The summed E-state index contributed by atoms with van der Waals surface area (Å²) in [6, 6.07) is 2.54. The Balaban J connectivity index is 0.000000230. The van der Waals surface area contributed by atoms with Gasteiger partial charge in [-0.2, -0.15) is 9.97 Å². The maximum atomic E-state index is 11.7. The number of ether oxygens (including phenoxy) is 2. The molecule has 2 aliphatic rings. The van der Waals surface area contributed by atoms with E-state index in [2.05, 4.69) is 19.0 Å². The van der Waals surface area contributed by atoms with Gasteiger partial charge in [0, 0.05) is 12.4 Å². The largest absolute Gasteiger partial charge is 0.470 e. The predicted molar refractivity (Wildman–Crippen MR) is 134 cm³/mol. The van der Waals surface area contributed by atoms with Crippen LogP contribution in [0.25, 0.3) is 0 Å². The smallest absolute Gasteiger partial charge is 0.394 e. The topological polar surface area (TPSA) is 355 Å². The standard InChI is InChI=1S/2C9H14N3O8P/c10-5-1-2-12(9(15)11-5)8-6(14)7(4(3-13)19-8)20-21(16,17)18;10-5-1-2-12(9(15)11-5)8-7(20-21(16,17)18)6(14)4(3-13)19-8/h2*1-2,4,6-8,13-14H,3H2,(H2,10,11,15)(H2,16,17,18)/t4-,6?,7+,8-;4-,6+,7?,8-/m11/s1. The third-order valence-electron chi connectivity index (χ3n) is 5.75. The van der Waals surface area contributed by atoms with Gasteiger partial charge in [0.15, 0.2) is 12.5 Å². The zero-order valence-corrected chi connectivity index (χ0v) is 22.8. The Morgan fingerprint density at radius 3 is 1.62 bits per heavy atom. The number of phosphoric ester groups is 2. The molecule has 4 heterocycles. The molecule has 0 spiro atoms. The molecular formula is C18H28N6O16P2. The highest BCUT2D eigenvalue weighted by Gasteiger charge is 2.49. The van der Waals surface area contributed by atoms with Gasteiger partial charge in [-0.05, 0) is 12.1 Å². The summed E-state index contributed by atoms with van der Waals surface area (Å²) >= 11 is 0. The van der Waals surface area contributed by atoms with Crippen LogP contribution < -0.4 is 22.8 Å². The number of aromatic nitrogens is 4. The number of hydrogen-bond donors (Lipinski definition) is 10. The molecule has 2 unspecified atom stereocenters. The second-order valence-corrected chi connectivity index (χ2v) is 11.1. The van der Waals surface area contributed by atoms with E-state index in [1.807, 2.05) is 0 Å². The molecule has 2 aromatic rings. The third-order valence-corrected chi connectivity index (χ3v) is 6.79. The minimum absolute atomic E-state index is 0.0366. The maximum Gasteiger partial charge on any atom is 0.470 e. The van der Waals surface area contributed by atoms with Gasteiger partial charge in [0.25, 0.3) is 0 Å². The first kappa shape index (κ1) is 33.8. The van der Waals surface area contributed by atoms with Crippen LogP contribution >= 0.6 is 15.6 Å². The van der Waals surface area contributed by atoms with Crippen LogP contribution in [0.2, 0.25) is 0 Å². The molecule has 0 amide bonds. The number of nitrogens with two attached hydrogens (primary N) is 2. The lowest BCUT2D eigenvalue weighted by atomic mass is 10.1. The summed E-state index contributed by atoms with van der Waals surface area (Å²) in [6.45, 7) is -1.30. The molecule has 0 saturated carbocycles. The van der Waals surface area contributed by atoms with Gasteiger partial charge in [-0.25, -0.2) is 18.7 Å². The molecular weight excluding hydrogens is 618 g/mol. The van der Waals surface area contributed by atoms with Crippen molar-refractivity contribution in [3.8, 4) is 0 Å². The molecule has 0 radical (unpaired) electrons. The number of nitrogens with zero attached hydrogens (tertiary/aromatic N) is 4. The maximum absolute atomic E-state index is 11.7. The van der Waals surface area contributed by atoms with E-state index in [1.165, 1.54) is 24.5 Å². The number of nitrogen functional groups attached to an aromatic ring is 2. The van der Waals surface area contributed by atoms with E-state index in [0.29, 0.717) is 0 Å². The van der Waals surface area contributed by atoms with E-state index < -0.39 is 89.3 Å². The molecule has 22 nitrogen and oxygen atoms in total. The molecule has 2 aliphatic heterocycles. The SMILES string of the molecule is Nc1ccn([C@@H]2O[C@H](CO)[C@H](O)C2OP(=O)(O)O)c(=O)n1.Nc1ccn([C@@H]2O[C@H](CO)[C@H](OP(=O)(O)O)C2O)c(=O)n1. The minimum atomic E-state index is -4.95. The van der Waals surface area contributed by atoms with Crippen LogP contribution in [-0.2, 0) is 27.7 Å². The number of aliphatic hydroxyl groups is 4. The van der Waals surface area contributed by atoms with Gasteiger partial charge in [0.2, 0.25) is 0 Å². The van der Waals surface area contributed by atoms with E-state index in [0.717, 1.165) is 9.13 Å². The van der Waals surface area contributed by atoms with Crippen molar-refractivity contribution in [3.05, 3.63) is 45.5 Å². The van der Waals surface area contributed by atoms with Crippen molar-refractivity contribution in [2.24, 2.45) is 0 Å². The van der Waals surface area contributed by atoms with E-state index in [-0.39, 0.29) is 11.6 Å². The fourth-order valence-corrected chi connectivity index (χ4v) is 5.11. The zero-order chi connectivity index (χ0) is 31.6. The van der Waals surface area contributed by atoms with Crippen LogP contribution in [0.15, 0.2) is 34.1 Å². The number of phosphoric acid groups is 2. The van der Waals surface area contributed by atoms with Crippen LogP contribution in [0.4, 0.5) is 11.6 Å². The van der Waals surface area contributed by atoms with Gasteiger partial charge in [0.1, 0.15) is 48.3 Å². The molecule has 0 bridgehead atoms. The molecule has 0 aromatic carbocycles. The summed E-state index contributed by atoms with van der Waals surface area (Å²) < 4.78 is 42.8. The third kappa shape index (κ3) is 8.24.